The molecule has 18 heavy (non-hydrogen) atoms. The molecule has 0 amide bonds. The Kier molecular flexibility index (Phi) is 4.65. The van der Waals surface area contributed by atoms with Gasteiger partial charge in [0.25, 0.3) is 0 Å². The SMILES string of the molecule is CNC(C)c1ccc(N2CCOCC2C)cc1Br. The predicted molar refractivity (Wildman–Crippen MR) is 79.2 cm³/mol. The average Bonchev–Trinajstić information content (AvgIpc) is 2.38. The number of hydrogen-bond acceptors (Lipinski definition) is 3. The van der Waals surface area contributed by atoms with Crippen LogP contribution in [0.4, 0.5) is 5.69 Å². The lowest BCUT2D eigenvalue weighted by atomic mass is 10.1. The molecule has 1 N–H and O–H groups in total. The summed E-state index contributed by atoms with van der Waals surface area (Å²) in [7, 11) is 1.98. The van der Waals surface area contributed by atoms with Gasteiger partial charge in [-0.3, -0.25) is 0 Å². The fourth-order valence-corrected chi connectivity index (χ4v) is 3.02. The third-order valence-electron chi connectivity index (χ3n) is 3.58. The lowest BCUT2D eigenvalue weighted by molar-refractivity contribution is 0.0989. The van der Waals surface area contributed by atoms with Crippen LogP contribution in [0.5, 0.6) is 0 Å². The Balaban J connectivity index is 2.22. The standard InChI is InChI=1S/C14H21BrN2O/c1-10-9-18-7-6-17(10)12-4-5-13(11(2)16-3)14(15)8-12/h4-5,8,10-11,16H,6-7,9H2,1-3H3. The summed E-state index contributed by atoms with van der Waals surface area (Å²) in [4.78, 5) is 2.40. The van der Waals surface area contributed by atoms with Gasteiger partial charge in [0.2, 0.25) is 0 Å². The molecule has 0 saturated carbocycles. The molecule has 2 rings (SSSR count). The Labute approximate surface area is 118 Å². The largest absolute Gasteiger partial charge is 0.377 e. The van der Waals surface area contributed by atoms with Gasteiger partial charge in [-0.05, 0) is 38.6 Å². The van der Waals surface area contributed by atoms with Crippen molar-refractivity contribution in [1.82, 2.24) is 5.32 Å². The topological polar surface area (TPSA) is 24.5 Å². The second kappa shape index (κ2) is 6.04. The van der Waals surface area contributed by atoms with Gasteiger partial charge in [0.1, 0.15) is 0 Å². The summed E-state index contributed by atoms with van der Waals surface area (Å²) in [5.74, 6) is 0. The van der Waals surface area contributed by atoms with E-state index in [0.29, 0.717) is 12.1 Å². The van der Waals surface area contributed by atoms with Gasteiger partial charge in [0.15, 0.2) is 0 Å². The molecular formula is C14H21BrN2O. The molecule has 0 aromatic heterocycles. The molecule has 1 saturated heterocycles. The van der Waals surface area contributed by atoms with Gasteiger partial charge in [0.05, 0.1) is 13.2 Å². The number of rotatable bonds is 3. The van der Waals surface area contributed by atoms with Gasteiger partial charge in [-0.25, -0.2) is 0 Å². The van der Waals surface area contributed by atoms with Gasteiger partial charge in [0, 0.05) is 28.8 Å². The number of hydrogen-bond donors (Lipinski definition) is 1. The van der Waals surface area contributed by atoms with Crippen LogP contribution in [0.3, 0.4) is 0 Å². The van der Waals surface area contributed by atoms with Crippen molar-refractivity contribution >= 4 is 21.6 Å². The van der Waals surface area contributed by atoms with Crippen LogP contribution >= 0.6 is 15.9 Å². The van der Waals surface area contributed by atoms with E-state index in [9.17, 15) is 0 Å². The summed E-state index contributed by atoms with van der Waals surface area (Å²) in [6.07, 6.45) is 0. The normalized spacial score (nSPS) is 22.0. The molecule has 1 aliphatic rings. The first kappa shape index (κ1) is 13.8. The highest BCUT2D eigenvalue weighted by Crippen LogP contribution is 2.29. The molecule has 1 heterocycles. The molecule has 4 heteroatoms. The lowest BCUT2D eigenvalue weighted by Gasteiger charge is -2.35. The molecule has 1 aliphatic heterocycles. The minimum absolute atomic E-state index is 0.357. The molecule has 1 aromatic rings. The van der Waals surface area contributed by atoms with Crippen molar-refractivity contribution in [3.8, 4) is 0 Å². The number of benzene rings is 1. The number of nitrogens with zero attached hydrogens (tertiary/aromatic N) is 1. The van der Waals surface area contributed by atoms with Crippen molar-refractivity contribution < 1.29 is 4.74 Å². The van der Waals surface area contributed by atoms with Crippen molar-refractivity contribution in [2.75, 3.05) is 31.7 Å². The molecule has 0 aliphatic carbocycles. The summed E-state index contributed by atoms with van der Waals surface area (Å²) >= 11 is 3.68. The highest BCUT2D eigenvalue weighted by atomic mass is 79.9. The first-order valence-electron chi connectivity index (χ1n) is 6.44. The van der Waals surface area contributed by atoms with Gasteiger partial charge >= 0.3 is 0 Å². The molecular weight excluding hydrogens is 292 g/mol. The fourth-order valence-electron chi connectivity index (χ4n) is 2.31. The molecule has 0 bridgehead atoms. The Morgan fingerprint density at radius 3 is 2.89 bits per heavy atom. The average molecular weight is 313 g/mol. The van der Waals surface area contributed by atoms with E-state index < -0.39 is 0 Å². The third kappa shape index (κ3) is 2.87. The third-order valence-corrected chi connectivity index (χ3v) is 4.27. The Morgan fingerprint density at radius 2 is 2.28 bits per heavy atom. The van der Waals surface area contributed by atoms with E-state index in [-0.39, 0.29) is 0 Å². The zero-order valence-electron chi connectivity index (χ0n) is 11.2. The zero-order chi connectivity index (χ0) is 13.1. The molecule has 100 valence electrons. The van der Waals surface area contributed by atoms with Crippen molar-refractivity contribution in [3.63, 3.8) is 0 Å². The van der Waals surface area contributed by atoms with Crippen LogP contribution in [0.2, 0.25) is 0 Å². The quantitative estimate of drug-likeness (QED) is 0.928. The number of nitrogens with one attached hydrogen (secondary N) is 1. The minimum atomic E-state index is 0.357. The van der Waals surface area contributed by atoms with E-state index in [1.165, 1.54) is 15.7 Å². The van der Waals surface area contributed by atoms with Gasteiger partial charge in [-0.2, -0.15) is 0 Å². The monoisotopic (exact) mass is 312 g/mol. The van der Waals surface area contributed by atoms with E-state index >= 15 is 0 Å². The van der Waals surface area contributed by atoms with Gasteiger partial charge < -0.3 is 15.0 Å². The summed E-state index contributed by atoms with van der Waals surface area (Å²) < 4.78 is 6.65. The fraction of sp³-hybridized carbons (Fsp3) is 0.571. The summed E-state index contributed by atoms with van der Waals surface area (Å²) in [6, 6.07) is 7.41. The molecule has 0 radical (unpaired) electrons. The molecule has 1 aromatic carbocycles. The highest BCUT2D eigenvalue weighted by molar-refractivity contribution is 9.10. The van der Waals surface area contributed by atoms with E-state index in [4.69, 9.17) is 4.74 Å². The first-order valence-corrected chi connectivity index (χ1v) is 7.24. The van der Waals surface area contributed by atoms with Crippen LogP contribution in [0, 0.1) is 0 Å². The maximum atomic E-state index is 5.48. The van der Waals surface area contributed by atoms with Crippen LogP contribution in [0.25, 0.3) is 0 Å². The number of morpholine rings is 1. The number of halogens is 1. The van der Waals surface area contributed by atoms with Crippen LogP contribution in [0.15, 0.2) is 22.7 Å². The van der Waals surface area contributed by atoms with Crippen molar-refractivity contribution in [2.24, 2.45) is 0 Å². The molecule has 2 atom stereocenters. The molecule has 3 nitrogen and oxygen atoms in total. The maximum Gasteiger partial charge on any atom is 0.0668 e. The van der Waals surface area contributed by atoms with Crippen molar-refractivity contribution in [1.29, 1.82) is 0 Å². The second-order valence-electron chi connectivity index (χ2n) is 4.83. The number of anilines is 1. The maximum absolute atomic E-state index is 5.48. The van der Waals surface area contributed by atoms with E-state index in [1.54, 1.807) is 0 Å². The van der Waals surface area contributed by atoms with E-state index in [2.05, 4.69) is 58.2 Å². The predicted octanol–water partition coefficient (Wildman–Crippen LogP) is 2.95. The van der Waals surface area contributed by atoms with Gasteiger partial charge in [-0.15, -0.1) is 0 Å². The highest BCUT2D eigenvalue weighted by Gasteiger charge is 2.20. The van der Waals surface area contributed by atoms with E-state index in [0.717, 1.165) is 19.8 Å². The van der Waals surface area contributed by atoms with Crippen molar-refractivity contribution in [3.05, 3.63) is 28.2 Å². The Bertz CT molecular complexity index is 411. The Hall–Kier alpha value is -0.580. The Morgan fingerprint density at radius 1 is 1.50 bits per heavy atom. The summed E-state index contributed by atoms with van der Waals surface area (Å²) in [6.45, 7) is 6.96. The van der Waals surface area contributed by atoms with Gasteiger partial charge in [-0.1, -0.05) is 22.0 Å². The van der Waals surface area contributed by atoms with Crippen LogP contribution in [0.1, 0.15) is 25.5 Å². The minimum Gasteiger partial charge on any atom is -0.377 e. The van der Waals surface area contributed by atoms with Crippen LogP contribution in [-0.4, -0.2) is 32.8 Å². The molecule has 0 spiro atoms. The number of ether oxygens (including phenoxy) is 1. The lowest BCUT2D eigenvalue weighted by Crippen LogP contribution is -2.43. The molecule has 2 unspecified atom stereocenters. The first-order chi connectivity index (χ1) is 8.63. The second-order valence-corrected chi connectivity index (χ2v) is 5.69. The van der Waals surface area contributed by atoms with Crippen LogP contribution < -0.4 is 10.2 Å². The van der Waals surface area contributed by atoms with Crippen molar-refractivity contribution in [2.45, 2.75) is 25.9 Å². The smallest absolute Gasteiger partial charge is 0.0668 e. The zero-order valence-corrected chi connectivity index (χ0v) is 12.8. The summed E-state index contributed by atoms with van der Waals surface area (Å²) in [5.41, 5.74) is 2.56. The molecule has 1 fully saturated rings. The van der Waals surface area contributed by atoms with Crippen LogP contribution in [-0.2, 0) is 4.74 Å². The van der Waals surface area contributed by atoms with E-state index in [1.807, 2.05) is 7.05 Å². The summed E-state index contributed by atoms with van der Waals surface area (Å²) in [5, 5.41) is 3.27.